The largest absolute Gasteiger partial charge is 0.387 e. The first-order valence-corrected chi connectivity index (χ1v) is 10.3. The fourth-order valence-corrected chi connectivity index (χ4v) is 4.78. The lowest BCUT2D eigenvalue weighted by Crippen LogP contribution is -2.24. The first-order chi connectivity index (χ1) is 14.1. The van der Waals surface area contributed by atoms with E-state index in [1.807, 2.05) is 30.9 Å². The minimum Gasteiger partial charge on any atom is -0.387 e. The molecule has 8 nitrogen and oxygen atoms in total. The fraction of sp³-hybridized carbons (Fsp3) is 0.300. The second-order valence-corrected chi connectivity index (χ2v) is 8.28. The van der Waals surface area contributed by atoms with E-state index in [0.29, 0.717) is 12.1 Å². The Bertz CT molecular complexity index is 1330. The highest BCUT2D eigenvalue weighted by atomic mass is 32.1. The summed E-state index contributed by atoms with van der Waals surface area (Å²) in [6.07, 6.45) is 11.8. The molecule has 0 aliphatic carbocycles. The Hall–Kier alpha value is -3.20. The van der Waals surface area contributed by atoms with Crippen LogP contribution in [0.15, 0.2) is 47.2 Å². The van der Waals surface area contributed by atoms with Crippen LogP contribution in [0.4, 0.5) is 0 Å². The van der Waals surface area contributed by atoms with Gasteiger partial charge in [0.25, 0.3) is 5.56 Å². The highest BCUT2D eigenvalue weighted by Crippen LogP contribution is 2.31. The van der Waals surface area contributed by atoms with Crippen molar-refractivity contribution in [1.82, 2.24) is 34.4 Å². The van der Waals surface area contributed by atoms with Crippen LogP contribution < -0.4 is 10.9 Å². The van der Waals surface area contributed by atoms with Gasteiger partial charge in [0.1, 0.15) is 5.52 Å². The van der Waals surface area contributed by atoms with Crippen molar-refractivity contribution < 1.29 is 0 Å². The van der Waals surface area contributed by atoms with E-state index in [2.05, 4.69) is 33.9 Å². The average molecular weight is 408 g/mol. The van der Waals surface area contributed by atoms with Crippen molar-refractivity contribution in [2.24, 2.45) is 14.1 Å². The highest BCUT2D eigenvalue weighted by molar-refractivity contribution is 7.19. The third kappa shape index (κ3) is 3.17. The van der Waals surface area contributed by atoms with Gasteiger partial charge in [-0.2, -0.15) is 10.2 Å². The molecule has 0 radical (unpaired) electrons. The van der Waals surface area contributed by atoms with Gasteiger partial charge >= 0.3 is 0 Å². The van der Waals surface area contributed by atoms with E-state index in [0.717, 1.165) is 45.8 Å². The summed E-state index contributed by atoms with van der Waals surface area (Å²) in [5.74, 6) is 0. The molecule has 0 bridgehead atoms. The lowest BCUT2D eigenvalue weighted by atomic mass is 10.1. The summed E-state index contributed by atoms with van der Waals surface area (Å²) >= 11 is 1.65. The number of dihydropyridines is 1. The Kier molecular flexibility index (Phi) is 4.31. The number of aryl methyl sites for hydroxylation is 3. The molecule has 0 saturated heterocycles. The van der Waals surface area contributed by atoms with Crippen molar-refractivity contribution in [3.63, 3.8) is 0 Å². The molecule has 0 aromatic carbocycles. The SMILES string of the molecule is Cn1ccc(Cn2ncc3c4sc(CCC5=CNCC=C5)nc4n(C)c3c2=O)n1. The van der Waals surface area contributed by atoms with Crippen LogP contribution in [0.5, 0.6) is 0 Å². The first-order valence-electron chi connectivity index (χ1n) is 9.51. The molecule has 29 heavy (non-hydrogen) atoms. The zero-order valence-electron chi connectivity index (χ0n) is 16.3. The van der Waals surface area contributed by atoms with Crippen LogP contribution in [0.2, 0.25) is 0 Å². The van der Waals surface area contributed by atoms with Crippen LogP contribution in [0.3, 0.4) is 0 Å². The number of rotatable bonds is 5. The number of aromatic nitrogens is 6. The number of thiazole rings is 1. The van der Waals surface area contributed by atoms with Crippen LogP contribution in [0.1, 0.15) is 17.1 Å². The van der Waals surface area contributed by atoms with Gasteiger partial charge in [-0.3, -0.25) is 9.48 Å². The minimum absolute atomic E-state index is 0.119. The molecule has 4 aromatic heterocycles. The molecule has 0 amide bonds. The number of allylic oxidation sites excluding steroid dienone is 2. The number of hydrogen-bond donors (Lipinski definition) is 1. The van der Waals surface area contributed by atoms with Crippen LogP contribution in [0, 0.1) is 0 Å². The summed E-state index contributed by atoms with van der Waals surface area (Å²) in [5.41, 5.74) is 3.45. The molecule has 5 rings (SSSR count). The molecule has 5 heterocycles. The number of nitrogens with one attached hydrogen (secondary N) is 1. The Morgan fingerprint density at radius 2 is 2.17 bits per heavy atom. The van der Waals surface area contributed by atoms with Gasteiger partial charge in [0, 0.05) is 38.6 Å². The van der Waals surface area contributed by atoms with E-state index >= 15 is 0 Å². The summed E-state index contributed by atoms with van der Waals surface area (Å²) < 4.78 is 6.10. The Labute approximate surface area is 170 Å². The minimum atomic E-state index is -0.119. The Balaban J connectivity index is 1.48. The van der Waals surface area contributed by atoms with Gasteiger partial charge in [0.15, 0.2) is 5.65 Å². The lowest BCUT2D eigenvalue weighted by molar-refractivity contribution is 0.619. The zero-order valence-corrected chi connectivity index (χ0v) is 17.1. The molecule has 0 atom stereocenters. The van der Waals surface area contributed by atoms with Gasteiger partial charge in [-0.05, 0) is 24.3 Å². The molecular formula is C20H21N7OS. The molecule has 0 fully saturated rings. The van der Waals surface area contributed by atoms with Gasteiger partial charge < -0.3 is 9.88 Å². The van der Waals surface area contributed by atoms with Gasteiger partial charge in [0.05, 0.1) is 28.1 Å². The summed E-state index contributed by atoms with van der Waals surface area (Å²) in [5, 5.41) is 13.9. The maximum Gasteiger partial charge on any atom is 0.291 e. The fourth-order valence-electron chi connectivity index (χ4n) is 3.68. The number of fused-ring (bicyclic) bond motifs is 3. The van der Waals surface area contributed by atoms with E-state index in [1.54, 1.807) is 22.2 Å². The third-order valence-electron chi connectivity index (χ3n) is 5.13. The average Bonchev–Trinajstić information content (AvgIpc) is 3.40. The monoisotopic (exact) mass is 407 g/mol. The van der Waals surface area contributed by atoms with Crippen LogP contribution in [-0.4, -0.2) is 35.7 Å². The molecular weight excluding hydrogens is 386 g/mol. The molecule has 0 spiro atoms. The van der Waals surface area contributed by atoms with Crippen molar-refractivity contribution >= 4 is 32.6 Å². The normalized spacial score (nSPS) is 13.9. The zero-order chi connectivity index (χ0) is 20.0. The second-order valence-electron chi connectivity index (χ2n) is 7.20. The van der Waals surface area contributed by atoms with Gasteiger partial charge in [-0.15, -0.1) is 11.3 Å². The van der Waals surface area contributed by atoms with Crippen molar-refractivity contribution in [2.75, 3.05) is 6.54 Å². The van der Waals surface area contributed by atoms with Crippen molar-refractivity contribution in [3.8, 4) is 0 Å². The van der Waals surface area contributed by atoms with Gasteiger partial charge in [-0.25, -0.2) is 9.67 Å². The number of hydrogen-bond acceptors (Lipinski definition) is 6. The van der Waals surface area contributed by atoms with Gasteiger partial charge in [-0.1, -0.05) is 12.2 Å². The highest BCUT2D eigenvalue weighted by Gasteiger charge is 2.18. The maximum atomic E-state index is 13.0. The molecule has 148 valence electrons. The van der Waals surface area contributed by atoms with Crippen LogP contribution in [-0.2, 0) is 27.1 Å². The van der Waals surface area contributed by atoms with E-state index in [9.17, 15) is 4.79 Å². The summed E-state index contributed by atoms with van der Waals surface area (Å²) in [6.45, 7) is 1.24. The van der Waals surface area contributed by atoms with Crippen molar-refractivity contribution in [2.45, 2.75) is 19.4 Å². The predicted molar refractivity (Wildman–Crippen MR) is 114 cm³/mol. The van der Waals surface area contributed by atoms with E-state index in [1.165, 1.54) is 10.3 Å². The number of nitrogens with zero attached hydrogens (tertiary/aromatic N) is 6. The Morgan fingerprint density at radius 3 is 2.93 bits per heavy atom. The van der Waals surface area contributed by atoms with E-state index in [4.69, 9.17) is 4.98 Å². The maximum absolute atomic E-state index is 13.0. The van der Waals surface area contributed by atoms with Crippen LogP contribution in [0.25, 0.3) is 21.3 Å². The summed E-state index contributed by atoms with van der Waals surface area (Å²) in [7, 11) is 3.76. The summed E-state index contributed by atoms with van der Waals surface area (Å²) in [6, 6.07) is 1.89. The molecule has 1 N–H and O–H groups in total. The lowest BCUT2D eigenvalue weighted by Gasteiger charge is -2.07. The topological polar surface area (TPSA) is 82.6 Å². The standard InChI is InChI=1S/C20H21N7OS/c1-25-9-7-14(24-25)12-27-20(28)17-15(11-22-27)18-19(26(17)2)23-16(29-18)6-5-13-4-3-8-21-10-13/h3-4,7,9-11,21H,5-6,8,12H2,1-2H3. The summed E-state index contributed by atoms with van der Waals surface area (Å²) in [4.78, 5) is 17.9. The Morgan fingerprint density at radius 1 is 1.28 bits per heavy atom. The first kappa shape index (κ1) is 17.9. The van der Waals surface area contributed by atoms with E-state index in [-0.39, 0.29) is 5.56 Å². The second kappa shape index (κ2) is 7.00. The van der Waals surface area contributed by atoms with Crippen LogP contribution >= 0.6 is 11.3 Å². The molecule has 1 aliphatic rings. The third-order valence-corrected chi connectivity index (χ3v) is 6.27. The smallest absolute Gasteiger partial charge is 0.291 e. The predicted octanol–water partition coefficient (Wildman–Crippen LogP) is 2.10. The molecule has 4 aromatic rings. The quantitative estimate of drug-likeness (QED) is 0.548. The molecule has 1 aliphatic heterocycles. The van der Waals surface area contributed by atoms with E-state index < -0.39 is 0 Å². The molecule has 9 heteroatoms. The van der Waals surface area contributed by atoms with Crippen molar-refractivity contribution in [1.29, 1.82) is 0 Å². The van der Waals surface area contributed by atoms with Gasteiger partial charge in [0.2, 0.25) is 0 Å². The van der Waals surface area contributed by atoms with Crippen molar-refractivity contribution in [3.05, 3.63) is 63.4 Å². The molecule has 0 saturated carbocycles. The molecule has 0 unspecified atom stereocenters.